The maximum atomic E-state index is 6.08. The van der Waals surface area contributed by atoms with Gasteiger partial charge in [0.1, 0.15) is 0 Å². The average molecular weight is 297 g/mol. The van der Waals surface area contributed by atoms with E-state index in [0.717, 1.165) is 23.9 Å². The van der Waals surface area contributed by atoms with Crippen LogP contribution in [-0.2, 0) is 0 Å². The Morgan fingerprint density at radius 1 is 1.23 bits per heavy atom. The van der Waals surface area contributed by atoms with E-state index in [9.17, 15) is 0 Å². The van der Waals surface area contributed by atoms with Crippen LogP contribution < -0.4 is 5.73 Å². The molecule has 3 unspecified atom stereocenters. The lowest BCUT2D eigenvalue weighted by atomic mass is 9.90. The van der Waals surface area contributed by atoms with E-state index >= 15 is 0 Å². The Bertz CT molecular complexity index is 615. The van der Waals surface area contributed by atoms with E-state index < -0.39 is 0 Å². The SMILES string of the molecule is CC1CC(C)CN(CC(CN)c2cnc3ccccc3c2)C1. The molecular formula is C19H27N3. The lowest BCUT2D eigenvalue weighted by Crippen LogP contribution is -2.42. The van der Waals surface area contributed by atoms with Crippen LogP contribution in [0.4, 0.5) is 0 Å². The van der Waals surface area contributed by atoms with Crippen LogP contribution in [0.15, 0.2) is 36.5 Å². The molecule has 1 aromatic heterocycles. The third-order valence-corrected chi connectivity index (χ3v) is 4.79. The van der Waals surface area contributed by atoms with Gasteiger partial charge in [-0.15, -0.1) is 0 Å². The number of nitrogens with two attached hydrogens (primary N) is 1. The highest BCUT2D eigenvalue weighted by Crippen LogP contribution is 2.25. The van der Waals surface area contributed by atoms with Gasteiger partial charge < -0.3 is 10.6 Å². The monoisotopic (exact) mass is 297 g/mol. The van der Waals surface area contributed by atoms with Crippen molar-refractivity contribution < 1.29 is 0 Å². The minimum Gasteiger partial charge on any atom is -0.330 e. The second-order valence-corrected chi connectivity index (χ2v) is 7.06. The van der Waals surface area contributed by atoms with Gasteiger partial charge in [0.2, 0.25) is 0 Å². The van der Waals surface area contributed by atoms with E-state index in [-0.39, 0.29) is 0 Å². The highest BCUT2D eigenvalue weighted by Gasteiger charge is 2.24. The fourth-order valence-corrected chi connectivity index (χ4v) is 3.88. The molecule has 0 saturated carbocycles. The first-order chi connectivity index (χ1) is 10.7. The molecule has 0 aliphatic carbocycles. The molecule has 3 heteroatoms. The predicted molar refractivity (Wildman–Crippen MR) is 92.9 cm³/mol. The fraction of sp³-hybridized carbons (Fsp3) is 0.526. The van der Waals surface area contributed by atoms with Crippen LogP contribution in [0.1, 0.15) is 31.7 Å². The number of nitrogens with zero attached hydrogens (tertiary/aromatic N) is 2. The molecule has 2 aromatic rings. The number of fused-ring (bicyclic) bond motifs is 1. The van der Waals surface area contributed by atoms with E-state index in [1.54, 1.807) is 0 Å². The summed E-state index contributed by atoms with van der Waals surface area (Å²) in [6.45, 7) is 8.84. The zero-order valence-corrected chi connectivity index (χ0v) is 13.7. The lowest BCUT2D eigenvalue weighted by molar-refractivity contribution is 0.134. The molecule has 118 valence electrons. The molecule has 3 nitrogen and oxygen atoms in total. The summed E-state index contributed by atoms with van der Waals surface area (Å²) in [5.74, 6) is 1.95. The quantitative estimate of drug-likeness (QED) is 0.942. The van der Waals surface area contributed by atoms with Gasteiger partial charge in [-0.1, -0.05) is 32.0 Å². The molecule has 3 atom stereocenters. The van der Waals surface area contributed by atoms with Gasteiger partial charge in [-0.2, -0.15) is 0 Å². The van der Waals surface area contributed by atoms with E-state index in [1.165, 1.54) is 30.5 Å². The zero-order valence-electron chi connectivity index (χ0n) is 13.7. The number of hydrogen-bond acceptors (Lipinski definition) is 3. The number of para-hydroxylation sites is 1. The number of hydrogen-bond donors (Lipinski definition) is 1. The second-order valence-electron chi connectivity index (χ2n) is 7.06. The number of aromatic nitrogens is 1. The summed E-state index contributed by atoms with van der Waals surface area (Å²) in [5.41, 5.74) is 8.41. The maximum Gasteiger partial charge on any atom is 0.0702 e. The van der Waals surface area contributed by atoms with Crippen LogP contribution in [0.3, 0.4) is 0 Å². The first kappa shape index (κ1) is 15.4. The Morgan fingerprint density at radius 3 is 2.68 bits per heavy atom. The van der Waals surface area contributed by atoms with Crippen molar-refractivity contribution in [1.82, 2.24) is 9.88 Å². The van der Waals surface area contributed by atoms with Gasteiger partial charge in [-0.05, 0) is 36.0 Å². The Balaban J connectivity index is 1.77. The van der Waals surface area contributed by atoms with Crippen LogP contribution in [0, 0.1) is 11.8 Å². The summed E-state index contributed by atoms with van der Waals surface area (Å²) in [4.78, 5) is 7.19. The predicted octanol–water partition coefficient (Wildman–Crippen LogP) is 3.26. The second kappa shape index (κ2) is 6.76. The number of pyridine rings is 1. The van der Waals surface area contributed by atoms with Gasteiger partial charge in [-0.25, -0.2) is 0 Å². The molecule has 2 heterocycles. The number of rotatable bonds is 4. The van der Waals surface area contributed by atoms with E-state index in [1.807, 2.05) is 12.3 Å². The molecule has 1 saturated heterocycles. The van der Waals surface area contributed by atoms with Crippen molar-refractivity contribution in [3.8, 4) is 0 Å². The first-order valence-corrected chi connectivity index (χ1v) is 8.42. The normalized spacial score (nSPS) is 24.5. The number of piperidine rings is 1. The zero-order chi connectivity index (χ0) is 15.5. The van der Waals surface area contributed by atoms with Crippen molar-refractivity contribution in [3.05, 3.63) is 42.1 Å². The van der Waals surface area contributed by atoms with Gasteiger partial charge in [0.15, 0.2) is 0 Å². The van der Waals surface area contributed by atoms with Crippen LogP contribution >= 0.6 is 0 Å². The van der Waals surface area contributed by atoms with Crippen molar-refractivity contribution in [2.24, 2.45) is 17.6 Å². The topological polar surface area (TPSA) is 42.1 Å². The summed E-state index contributed by atoms with van der Waals surface area (Å²) >= 11 is 0. The number of benzene rings is 1. The van der Waals surface area contributed by atoms with E-state index in [0.29, 0.717) is 12.5 Å². The molecule has 0 radical (unpaired) electrons. The molecule has 0 spiro atoms. The molecule has 1 aromatic carbocycles. The summed E-state index contributed by atoms with van der Waals surface area (Å²) in [6.07, 6.45) is 3.36. The lowest BCUT2D eigenvalue weighted by Gasteiger charge is -2.36. The van der Waals surface area contributed by atoms with Crippen LogP contribution in [0.5, 0.6) is 0 Å². The minimum atomic E-state index is 0.370. The highest BCUT2D eigenvalue weighted by molar-refractivity contribution is 5.78. The molecular weight excluding hydrogens is 270 g/mol. The first-order valence-electron chi connectivity index (χ1n) is 8.42. The van der Waals surface area contributed by atoms with Gasteiger partial charge in [0.05, 0.1) is 5.52 Å². The molecule has 3 rings (SSSR count). The van der Waals surface area contributed by atoms with Gasteiger partial charge in [0, 0.05) is 43.7 Å². The Labute approximate surface area is 133 Å². The van der Waals surface area contributed by atoms with Crippen LogP contribution in [0.25, 0.3) is 10.9 Å². The smallest absolute Gasteiger partial charge is 0.0702 e. The van der Waals surface area contributed by atoms with Crippen molar-refractivity contribution in [2.75, 3.05) is 26.2 Å². The average Bonchev–Trinajstić information content (AvgIpc) is 2.51. The molecule has 1 aliphatic rings. The molecule has 2 N–H and O–H groups in total. The summed E-state index contributed by atoms with van der Waals surface area (Å²) < 4.78 is 0. The maximum absolute atomic E-state index is 6.08. The molecule has 22 heavy (non-hydrogen) atoms. The minimum absolute atomic E-state index is 0.370. The largest absolute Gasteiger partial charge is 0.330 e. The van der Waals surface area contributed by atoms with Gasteiger partial charge in [0.25, 0.3) is 0 Å². The van der Waals surface area contributed by atoms with Crippen LogP contribution in [0.2, 0.25) is 0 Å². The summed E-state index contributed by atoms with van der Waals surface area (Å²) in [6, 6.07) is 10.6. The van der Waals surface area contributed by atoms with Gasteiger partial charge in [-0.3, -0.25) is 4.98 Å². The van der Waals surface area contributed by atoms with Crippen LogP contribution in [-0.4, -0.2) is 36.1 Å². The highest BCUT2D eigenvalue weighted by atomic mass is 15.1. The molecule has 0 bridgehead atoms. The van der Waals surface area contributed by atoms with E-state index in [4.69, 9.17) is 5.73 Å². The third-order valence-electron chi connectivity index (χ3n) is 4.79. The summed E-state index contributed by atoms with van der Waals surface area (Å²) in [7, 11) is 0. The fourth-order valence-electron chi connectivity index (χ4n) is 3.88. The van der Waals surface area contributed by atoms with Crippen molar-refractivity contribution in [3.63, 3.8) is 0 Å². The summed E-state index contributed by atoms with van der Waals surface area (Å²) in [5, 5.41) is 1.21. The Kier molecular flexibility index (Phi) is 4.74. The standard InChI is InChI=1S/C19H27N3/c1-14-7-15(2)12-22(11-14)13-18(9-20)17-8-16-5-3-4-6-19(16)21-10-17/h3-6,8,10,14-15,18H,7,9,11-13,20H2,1-2H3. The van der Waals surface area contributed by atoms with Crippen molar-refractivity contribution in [1.29, 1.82) is 0 Å². The Morgan fingerprint density at radius 2 is 1.95 bits per heavy atom. The van der Waals surface area contributed by atoms with E-state index in [2.05, 4.69) is 48.0 Å². The molecule has 0 amide bonds. The van der Waals surface area contributed by atoms with Gasteiger partial charge >= 0.3 is 0 Å². The molecule has 1 aliphatic heterocycles. The number of likely N-dealkylation sites (tertiary alicyclic amines) is 1. The third kappa shape index (κ3) is 3.47. The Hall–Kier alpha value is -1.45. The van der Waals surface area contributed by atoms with Crippen molar-refractivity contribution in [2.45, 2.75) is 26.2 Å². The van der Waals surface area contributed by atoms with Crippen molar-refractivity contribution >= 4 is 10.9 Å². The molecule has 1 fully saturated rings.